The molecule has 1 aromatic heterocycles. The summed E-state index contributed by atoms with van der Waals surface area (Å²) in [7, 11) is -3.70. The average Bonchev–Trinajstić information content (AvgIpc) is 3.45. The lowest BCUT2D eigenvalue weighted by Gasteiger charge is -2.53. The summed E-state index contributed by atoms with van der Waals surface area (Å²) in [6.45, 7) is 8.96. The predicted molar refractivity (Wildman–Crippen MR) is 157 cm³/mol. The summed E-state index contributed by atoms with van der Waals surface area (Å²) < 4.78 is 64.9. The number of halogens is 2. The number of aromatic nitrogens is 2. The monoisotopic (exact) mass is 617 g/mol. The molecule has 2 aromatic carbocycles. The van der Waals surface area contributed by atoms with Crippen LogP contribution in [0.4, 0.5) is 19.3 Å². The standard InChI is InChI=1S/C30H37F2N5O5S/c1-29(2,3)42-28(38)36-20-30(21-36)13-15-35(16-14-30)17-18-43(39,40)37(24-7-5-4-6-8-24)19-22-9-11-23(12-10-22)26-33-34-27(41-26)25(31)32/h4-12,25H,13-21H2,1-3H3. The van der Waals surface area contributed by atoms with Crippen molar-refractivity contribution in [1.82, 2.24) is 20.0 Å². The summed E-state index contributed by atoms with van der Waals surface area (Å²) in [5.74, 6) is -0.827. The van der Waals surface area contributed by atoms with Crippen LogP contribution in [0.3, 0.4) is 0 Å². The first kappa shape index (κ1) is 30.9. The van der Waals surface area contributed by atoms with Crippen molar-refractivity contribution in [2.75, 3.05) is 42.8 Å². The summed E-state index contributed by atoms with van der Waals surface area (Å²) in [6.07, 6.45) is -1.33. The molecule has 1 amide bonds. The summed E-state index contributed by atoms with van der Waals surface area (Å²) in [5.41, 5.74) is 1.28. The van der Waals surface area contributed by atoms with Crippen molar-refractivity contribution in [3.8, 4) is 11.5 Å². The second kappa shape index (κ2) is 12.2. The van der Waals surface area contributed by atoms with Crippen LogP contribution in [0.5, 0.6) is 0 Å². The summed E-state index contributed by atoms with van der Waals surface area (Å²) in [6, 6.07) is 15.6. The number of amides is 1. The molecule has 3 heterocycles. The van der Waals surface area contributed by atoms with Gasteiger partial charge >= 0.3 is 12.5 Å². The molecule has 0 saturated carbocycles. The number of para-hydroxylation sites is 1. The van der Waals surface area contributed by atoms with E-state index in [0.29, 0.717) is 36.4 Å². The molecule has 2 aliphatic rings. The zero-order valence-corrected chi connectivity index (χ0v) is 25.4. The van der Waals surface area contributed by atoms with Crippen molar-refractivity contribution in [3.63, 3.8) is 0 Å². The molecule has 0 radical (unpaired) electrons. The van der Waals surface area contributed by atoms with Crippen LogP contribution in [0.15, 0.2) is 59.0 Å². The van der Waals surface area contributed by atoms with E-state index in [1.54, 1.807) is 53.4 Å². The number of carbonyl (C=O) groups is 1. The third kappa shape index (κ3) is 7.50. The first-order valence-electron chi connectivity index (χ1n) is 14.3. The quantitative estimate of drug-likeness (QED) is 0.317. The topological polar surface area (TPSA) is 109 Å². The van der Waals surface area contributed by atoms with E-state index in [0.717, 1.165) is 25.9 Å². The fourth-order valence-electron chi connectivity index (χ4n) is 5.44. The Kier molecular flexibility index (Phi) is 8.75. The van der Waals surface area contributed by atoms with Gasteiger partial charge in [0.15, 0.2) is 0 Å². The summed E-state index contributed by atoms with van der Waals surface area (Å²) in [5, 5.41) is 7.02. The first-order valence-corrected chi connectivity index (χ1v) is 15.9. The molecule has 2 aliphatic heterocycles. The van der Waals surface area contributed by atoms with Crippen LogP contribution in [0.25, 0.3) is 11.5 Å². The Morgan fingerprint density at radius 3 is 2.28 bits per heavy atom. The molecule has 0 atom stereocenters. The lowest BCUT2D eigenvalue weighted by Crippen LogP contribution is -2.62. The molecule has 13 heteroatoms. The van der Waals surface area contributed by atoms with E-state index in [1.165, 1.54) is 4.31 Å². The molecule has 43 heavy (non-hydrogen) atoms. The number of hydrogen-bond acceptors (Lipinski definition) is 8. The van der Waals surface area contributed by atoms with Gasteiger partial charge in [0.25, 0.3) is 5.89 Å². The molecule has 3 aromatic rings. The normalized spacial score (nSPS) is 17.2. The molecule has 2 saturated heterocycles. The van der Waals surface area contributed by atoms with Gasteiger partial charge in [0.2, 0.25) is 15.9 Å². The lowest BCUT2D eigenvalue weighted by molar-refractivity contribution is -0.0586. The smallest absolute Gasteiger partial charge is 0.410 e. The maximum atomic E-state index is 13.7. The fraction of sp³-hybridized carbons (Fsp3) is 0.500. The van der Waals surface area contributed by atoms with Gasteiger partial charge in [-0.15, -0.1) is 10.2 Å². The minimum atomic E-state index is -3.70. The van der Waals surface area contributed by atoms with Gasteiger partial charge in [0.05, 0.1) is 18.0 Å². The molecule has 0 N–H and O–H groups in total. The predicted octanol–water partition coefficient (Wildman–Crippen LogP) is 5.34. The minimum absolute atomic E-state index is 0.0304. The Balaban J connectivity index is 1.19. The number of alkyl halides is 2. The van der Waals surface area contributed by atoms with E-state index in [9.17, 15) is 22.0 Å². The van der Waals surface area contributed by atoms with Crippen LogP contribution in [-0.4, -0.2) is 78.6 Å². The number of benzene rings is 2. The van der Waals surface area contributed by atoms with Crippen LogP contribution in [0, 0.1) is 5.41 Å². The summed E-state index contributed by atoms with van der Waals surface area (Å²) in [4.78, 5) is 16.3. The Morgan fingerprint density at radius 1 is 1.05 bits per heavy atom. The number of sulfonamides is 1. The van der Waals surface area contributed by atoms with E-state index in [2.05, 4.69) is 15.1 Å². The van der Waals surface area contributed by atoms with Crippen LogP contribution >= 0.6 is 0 Å². The number of likely N-dealkylation sites (tertiary alicyclic amines) is 2. The SMILES string of the molecule is CC(C)(C)OC(=O)N1CC2(CCN(CCS(=O)(=O)N(Cc3ccc(-c4nnc(C(F)F)o4)cc3)c3ccccc3)CC2)C1. The molecular weight excluding hydrogens is 580 g/mol. The number of anilines is 1. The molecule has 0 bridgehead atoms. The third-order valence-corrected chi connectivity index (χ3v) is 9.53. The van der Waals surface area contributed by atoms with Crippen LogP contribution in [-0.2, 0) is 21.3 Å². The van der Waals surface area contributed by atoms with Crippen molar-refractivity contribution in [2.24, 2.45) is 5.41 Å². The first-order chi connectivity index (χ1) is 20.3. The number of piperidine rings is 1. The maximum Gasteiger partial charge on any atom is 0.410 e. The van der Waals surface area contributed by atoms with Gasteiger partial charge in [0, 0.05) is 30.6 Å². The molecule has 0 unspecified atom stereocenters. The molecule has 2 fully saturated rings. The second-order valence-electron chi connectivity index (χ2n) is 12.3. The number of carbonyl (C=O) groups excluding carboxylic acids is 1. The van der Waals surface area contributed by atoms with Crippen molar-refractivity contribution >= 4 is 21.8 Å². The molecular formula is C30H37F2N5O5S. The third-order valence-electron chi connectivity index (χ3n) is 7.82. The van der Waals surface area contributed by atoms with Gasteiger partial charge in [0.1, 0.15) is 5.60 Å². The zero-order chi connectivity index (χ0) is 30.8. The Labute approximate surface area is 250 Å². The number of nitrogens with zero attached hydrogens (tertiary/aromatic N) is 5. The highest BCUT2D eigenvalue weighted by Gasteiger charge is 2.47. The molecule has 232 valence electrons. The van der Waals surface area contributed by atoms with Crippen LogP contribution < -0.4 is 4.31 Å². The lowest BCUT2D eigenvalue weighted by atomic mass is 9.72. The molecule has 1 spiro atoms. The van der Waals surface area contributed by atoms with Crippen molar-refractivity contribution in [3.05, 3.63) is 66.1 Å². The minimum Gasteiger partial charge on any atom is -0.444 e. The Hall–Kier alpha value is -3.58. The Morgan fingerprint density at radius 2 is 1.70 bits per heavy atom. The summed E-state index contributed by atoms with van der Waals surface area (Å²) >= 11 is 0. The van der Waals surface area contributed by atoms with Gasteiger partial charge in [-0.25, -0.2) is 13.2 Å². The van der Waals surface area contributed by atoms with Gasteiger partial charge in [-0.05, 0) is 76.5 Å². The van der Waals surface area contributed by atoms with E-state index in [4.69, 9.17) is 9.15 Å². The number of hydrogen-bond donors (Lipinski definition) is 0. The fourth-order valence-corrected chi connectivity index (χ4v) is 6.94. The van der Waals surface area contributed by atoms with Crippen molar-refractivity contribution in [1.29, 1.82) is 0 Å². The zero-order valence-electron chi connectivity index (χ0n) is 24.6. The van der Waals surface area contributed by atoms with E-state index in [-0.39, 0.29) is 29.7 Å². The van der Waals surface area contributed by atoms with Crippen molar-refractivity contribution in [2.45, 2.75) is 52.2 Å². The van der Waals surface area contributed by atoms with Crippen molar-refractivity contribution < 1.29 is 31.1 Å². The van der Waals surface area contributed by atoms with Gasteiger partial charge in [-0.3, -0.25) is 4.31 Å². The van der Waals surface area contributed by atoms with Gasteiger partial charge in [-0.2, -0.15) is 8.78 Å². The number of rotatable bonds is 9. The van der Waals surface area contributed by atoms with E-state index < -0.39 is 27.9 Å². The van der Waals surface area contributed by atoms with Gasteiger partial charge in [-0.1, -0.05) is 30.3 Å². The largest absolute Gasteiger partial charge is 0.444 e. The van der Waals surface area contributed by atoms with Gasteiger partial charge < -0.3 is 19.0 Å². The maximum absolute atomic E-state index is 13.7. The highest BCUT2D eigenvalue weighted by molar-refractivity contribution is 7.92. The van der Waals surface area contributed by atoms with E-state index >= 15 is 0 Å². The average molecular weight is 618 g/mol. The molecule has 5 rings (SSSR count). The van der Waals surface area contributed by atoms with Crippen LogP contribution in [0.2, 0.25) is 0 Å². The molecule has 10 nitrogen and oxygen atoms in total. The van der Waals surface area contributed by atoms with Crippen LogP contribution in [0.1, 0.15) is 51.5 Å². The number of ether oxygens (including phenoxy) is 1. The highest BCUT2D eigenvalue weighted by atomic mass is 32.2. The highest BCUT2D eigenvalue weighted by Crippen LogP contribution is 2.41. The van der Waals surface area contributed by atoms with E-state index in [1.807, 2.05) is 26.8 Å². The second-order valence-corrected chi connectivity index (χ2v) is 14.3. The Bertz CT molecular complexity index is 1490. The molecule has 0 aliphatic carbocycles.